The van der Waals surface area contributed by atoms with Gasteiger partial charge in [-0.25, -0.2) is 4.39 Å². The highest BCUT2D eigenvalue weighted by molar-refractivity contribution is 9.10. The summed E-state index contributed by atoms with van der Waals surface area (Å²) in [5.74, 6) is 0.602. The summed E-state index contributed by atoms with van der Waals surface area (Å²) in [6, 6.07) is 14.5. The van der Waals surface area contributed by atoms with Crippen LogP contribution in [0.5, 0.6) is 0 Å². The van der Waals surface area contributed by atoms with Crippen molar-refractivity contribution in [3.8, 4) is 0 Å². The molecule has 1 atom stereocenters. The molecular formula is C18H19BrFNOS. The average Bonchev–Trinajstić information content (AvgIpc) is 2.55. The normalized spacial score (nSPS) is 12.0. The van der Waals surface area contributed by atoms with E-state index in [4.69, 9.17) is 0 Å². The summed E-state index contributed by atoms with van der Waals surface area (Å²) in [6.07, 6.45) is 0.704. The van der Waals surface area contributed by atoms with Crippen LogP contribution in [0, 0.1) is 5.82 Å². The van der Waals surface area contributed by atoms with Gasteiger partial charge >= 0.3 is 0 Å². The van der Waals surface area contributed by atoms with Crippen molar-refractivity contribution in [2.24, 2.45) is 0 Å². The van der Waals surface area contributed by atoms with E-state index in [1.807, 2.05) is 19.1 Å². The van der Waals surface area contributed by atoms with Crippen molar-refractivity contribution in [3.63, 3.8) is 0 Å². The Hall–Kier alpha value is -1.33. The topological polar surface area (TPSA) is 29.1 Å². The second-order valence-corrected chi connectivity index (χ2v) is 7.49. The van der Waals surface area contributed by atoms with Crippen molar-refractivity contribution in [3.05, 3.63) is 69.9 Å². The minimum absolute atomic E-state index is 0.0363. The molecule has 2 nitrogen and oxygen atoms in total. The molecule has 0 aliphatic carbocycles. The molecule has 122 valence electrons. The first-order valence-electron chi connectivity index (χ1n) is 7.43. The molecule has 0 aromatic heterocycles. The molecule has 5 heteroatoms. The number of hydrogen-bond acceptors (Lipinski definition) is 2. The molecule has 0 heterocycles. The van der Waals surface area contributed by atoms with E-state index in [2.05, 4.69) is 33.4 Å². The molecule has 0 saturated carbocycles. The zero-order chi connectivity index (χ0) is 16.7. The summed E-state index contributed by atoms with van der Waals surface area (Å²) in [5.41, 5.74) is 2.21. The van der Waals surface area contributed by atoms with Crippen molar-refractivity contribution < 1.29 is 9.18 Å². The summed E-state index contributed by atoms with van der Waals surface area (Å²) in [5, 5.41) is 2.83. The van der Waals surface area contributed by atoms with Crippen LogP contribution in [0.15, 0.2) is 53.0 Å². The van der Waals surface area contributed by atoms with Crippen molar-refractivity contribution in [1.29, 1.82) is 0 Å². The molecule has 0 aliphatic rings. The van der Waals surface area contributed by atoms with Gasteiger partial charge in [0.2, 0.25) is 5.91 Å². The molecule has 23 heavy (non-hydrogen) atoms. The minimum Gasteiger partial charge on any atom is -0.355 e. The molecule has 2 aromatic carbocycles. The van der Waals surface area contributed by atoms with E-state index >= 15 is 0 Å². The maximum absolute atomic E-state index is 12.8. The van der Waals surface area contributed by atoms with Crippen LogP contribution >= 0.6 is 27.7 Å². The maximum atomic E-state index is 12.8. The first-order chi connectivity index (χ1) is 11.0. The SMILES string of the molecule is C[C@@H](SCc1ccc(Br)cc1)C(=O)NCCc1ccc(F)cc1. The highest BCUT2D eigenvalue weighted by Gasteiger charge is 2.12. The predicted octanol–water partition coefficient (Wildman–Crippen LogP) is 4.57. The number of rotatable bonds is 7. The van der Waals surface area contributed by atoms with E-state index in [0.29, 0.717) is 13.0 Å². The number of halogens is 2. The zero-order valence-electron chi connectivity index (χ0n) is 12.9. The van der Waals surface area contributed by atoms with Crippen LogP contribution < -0.4 is 5.32 Å². The molecular weight excluding hydrogens is 377 g/mol. The lowest BCUT2D eigenvalue weighted by molar-refractivity contribution is -0.120. The van der Waals surface area contributed by atoms with Gasteiger partial charge in [-0.1, -0.05) is 40.2 Å². The summed E-state index contributed by atoms with van der Waals surface area (Å²) >= 11 is 5.02. The van der Waals surface area contributed by atoms with Crippen LogP contribution in [0.25, 0.3) is 0 Å². The summed E-state index contributed by atoms with van der Waals surface area (Å²) in [7, 11) is 0. The summed E-state index contributed by atoms with van der Waals surface area (Å²) < 4.78 is 13.9. The third-order valence-corrected chi connectivity index (χ3v) is 5.15. The molecule has 0 radical (unpaired) electrons. The van der Waals surface area contributed by atoms with Gasteiger partial charge in [-0.15, -0.1) is 11.8 Å². The van der Waals surface area contributed by atoms with E-state index in [9.17, 15) is 9.18 Å². The Morgan fingerprint density at radius 3 is 2.39 bits per heavy atom. The average molecular weight is 396 g/mol. The first-order valence-corrected chi connectivity index (χ1v) is 9.27. The Balaban J connectivity index is 1.70. The van der Waals surface area contributed by atoms with E-state index in [1.165, 1.54) is 17.7 Å². The Morgan fingerprint density at radius 2 is 1.74 bits per heavy atom. The van der Waals surface area contributed by atoms with E-state index in [1.54, 1.807) is 23.9 Å². The lowest BCUT2D eigenvalue weighted by atomic mass is 10.1. The van der Waals surface area contributed by atoms with Crippen LogP contribution in [0.1, 0.15) is 18.1 Å². The van der Waals surface area contributed by atoms with Gasteiger partial charge in [0, 0.05) is 16.8 Å². The smallest absolute Gasteiger partial charge is 0.232 e. The monoisotopic (exact) mass is 395 g/mol. The molecule has 0 saturated heterocycles. The Kier molecular flexibility index (Phi) is 7.12. The van der Waals surface area contributed by atoms with Gasteiger partial charge in [0.15, 0.2) is 0 Å². The van der Waals surface area contributed by atoms with Crippen LogP contribution in [0.3, 0.4) is 0 Å². The van der Waals surface area contributed by atoms with Crippen molar-refractivity contribution in [2.75, 3.05) is 6.54 Å². The van der Waals surface area contributed by atoms with E-state index in [-0.39, 0.29) is 17.0 Å². The second-order valence-electron chi connectivity index (χ2n) is 5.25. The molecule has 0 fully saturated rings. The number of carbonyl (C=O) groups is 1. The molecule has 0 unspecified atom stereocenters. The second kappa shape index (κ2) is 9.08. The molecule has 2 rings (SSSR count). The predicted molar refractivity (Wildman–Crippen MR) is 98.0 cm³/mol. The molecule has 0 aliphatic heterocycles. The van der Waals surface area contributed by atoms with Crippen LogP contribution in [-0.4, -0.2) is 17.7 Å². The lowest BCUT2D eigenvalue weighted by Gasteiger charge is -2.12. The number of thioether (sulfide) groups is 1. The third-order valence-electron chi connectivity index (χ3n) is 3.41. The molecule has 2 aromatic rings. The van der Waals surface area contributed by atoms with E-state index in [0.717, 1.165) is 15.8 Å². The third kappa shape index (κ3) is 6.36. The van der Waals surface area contributed by atoms with Gasteiger partial charge in [-0.05, 0) is 48.7 Å². The van der Waals surface area contributed by atoms with Crippen LogP contribution in [0.4, 0.5) is 4.39 Å². The molecule has 1 amide bonds. The van der Waals surface area contributed by atoms with Crippen LogP contribution in [-0.2, 0) is 17.0 Å². The highest BCUT2D eigenvalue weighted by atomic mass is 79.9. The van der Waals surface area contributed by atoms with Gasteiger partial charge < -0.3 is 5.32 Å². The fourth-order valence-corrected chi connectivity index (χ4v) is 3.14. The maximum Gasteiger partial charge on any atom is 0.232 e. The summed E-state index contributed by atoms with van der Waals surface area (Å²) in [6.45, 7) is 2.48. The number of carbonyl (C=O) groups excluding carboxylic acids is 1. The van der Waals surface area contributed by atoms with Gasteiger partial charge in [0.1, 0.15) is 5.82 Å². The Morgan fingerprint density at radius 1 is 1.13 bits per heavy atom. The van der Waals surface area contributed by atoms with Gasteiger partial charge in [0.25, 0.3) is 0 Å². The molecule has 1 N–H and O–H groups in total. The quantitative estimate of drug-likeness (QED) is 0.743. The highest BCUT2D eigenvalue weighted by Crippen LogP contribution is 2.19. The first kappa shape index (κ1) is 18.0. The number of amides is 1. The van der Waals surface area contributed by atoms with Gasteiger partial charge in [-0.3, -0.25) is 4.79 Å². The minimum atomic E-state index is -0.240. The molecule has 0 spiro atoms. The van der Waals surface area contributed by atoms with Crippen LogP contribution in [0.2, 0.25) is 0 Å². The van der Waals surface area contributed by atoms with Gasteiger partial charge in [0.05, 0.1) is 5.25 Å². The van der Waals surface area contributed by atoms with Gasteiger partial charge in [-0.2, -0.15) is 0 Å². The molecule has 0 bridgehead atoms. The van der Waals surface area contributed by atoms with E-state index < -0.39 is 0 Å². The number of benzene rings is 2. The fourth-order valence-electron chi connectivity index (χ4n) is 2.00. The van der Waals surface area contributed by atoms with Crippen molar-refractivity contribution in [2.45, 2.75) is 24.3 Å². The number of nitrogens with one attached hydrogen (secondary N) is 1. The summed E-state index contributed by atoms with van der Waals surface area (Å²) in [4.78, 5) is 12.1. The Bertz CT molecular complexity index is 630. The Labute approximate surface area is 149 Å². The van der Waals surface area contributed by atoms with Crippen molar-refractivity contribution >= 4 is 33.6 Å². The fraction of sp³-hybridized carbons (Fsp3) is 0.278. The number of hydrogen-bond donors (Lipinski definition) is 1. The standard InChI is InChI=1S/C18H19BrFNOS/c1-13(23-12-15-2-6-16(19)7-3-15)18(22)21-11-10-14-4-8-17(20)9-5-14/h2-9,13H,10-12H2,1H3,(H,21,22)/t13-/m1/s1. The lowest BCUT2D eigenvalue weighted by Crippen LogP contribution is -2.32. The van der Waals surface area contributed by atoms with Crippen molar-refractivity contribution in [1.82, 2.24) is 5.32 Å². The largest absolute Gasteiger partial charge is 0.355 e. The zero-order valence-corrected chi connectivity index (χ0v) is 15.3.